The molecule has 1 saturated heterocycles. The van der Waals surface area contributed by atoms with Crippen LogP contribution in [0, 0.1) is 6.92 Å². The highest BCUT2D eigenvalue weighted by atomic mass is 32.1. The van der Waals surface area contributed by atoms with Gasteiger partial charge in [-0.1, -0.05) is 5.16 Å². The molecule has 4 rings (SSSR count). The Balaban J connectivity index is 1.48. The molecule has 2 aliphatic heterocycles. The zero-order valence-corrected chi connectivity index (χ0v) is 14.1. The van der Waals surface area contributed by atoms with E-state index in [9.17, 15) is 0 Å². The molecule has 124 valence electrons. The van der Waals surface area contributed by atoms with Gasteiger partial charge in [0.1, 0.15) is 19.3 Å². The molecule has 0 bridgehead atoms. The van der Waals surface area contributed by atoms with Gasteiger partial charge in [0.2, 0.25) is 5.89 Å². The number of fused-ring (bicyclic) bond motifs is 1. The minimum absolute atomic E-state index is 0.137. The van der Waals surface area contributed by atoms with E-state index in [2.05, 4.69) is 27.0 Å². The number of aromatic nitrogens is 2. The quantitative estimate of drug-likeness (QED) is 0.845. The smallest absolute Gasteiger partial charge is 0.245 e. The highest BCUT2D eigenvalue weighted by Crippen LogP contribution is 2.40. The fourth-order valence-electron chi connectivity index (χ4n) is 3.02. The average molecular weight is 336 g/mol. The third-order valence-electron chi connectivity index (χ3n) is 4.30. The van der Waals surface area contributed by atoms with Crippen molar-refractivity contribution in [2.75, 3.05) is 39.9 Å². The average Bonchev–Trinajstić information content (AvgIpc) is 3.16. The number of likely N-dealkylation sites (N-methyl/N-ethyl adjacent to an activating group) is 1. The van der Waals surface area contributed by atoms with E-state index in [0.29, 0.717) is 24.9 Å². The summed E-state index contributed by atoms with van der Waals surface area (Å²) < 4.78 is 16.8. The number of aryl methyl sites for hydroxylation is 1. The molecule has 0 aliphatic carbocycles. The largest absolute Gasteiger partial charge is 0.485 e. The zero-order valence-electron chi connectivity index (χ0n) is 13.3. The second-order valence-electron chi connectivity index (χ2n) is 5.96. The topological polar surface area (TPSA) is 63.9 Å². The van der Waals surface area contributed by atoms with E-state index in [-0.39, 0.29) is 6.04 Å². The van der Waals surface area contributed by atoms with E-state index >= 15 is 0 Å². The van der Waals surface area contributed by atoms with Crippen LogP contribution in [-0.2, 0) is 6.54 Å². The first kappa shape index (κ1) is 14.9. The van der Waals surface area contributed by atoms with Gasteiger partial charge in [0.05, 0.1) is 4.88 Å². The Kier molecular flexibility index (Phi) is 3.96. The summed E-state index contributed by atoms with van der Waals surface area (Å²) in [6.45, 7) is 6.82. The Bertz CT molecular complexity index is 686. The van der Waals surface area contributed by atoms with Crippen LogP contribution in [0.4, 0.5) is 0 Å². The van der Waals surface area contributed by atoms with Crippen LogP contribution in [-0.4, -0.2) is 59.8 Å². The Morgan fingerprint density at radius 1 is 1.30 bits per heavy atom. The summed E-state index contributed by atoms with van der Waals surface area (Å²) in [6.07, 6.45) is 0. The fourth-order valence-corrected chi connectivity index (χ4v) is 3.96. The van der Waals surface area contributed by atoms with E-state index in [1.165, 1.54) is 4.88 Å². The molecule has 2 aliphatic rings. The molecular formula is C15H20N4O3S. The summed E-state index contributed by atoms with van der Waals surface area (Å²) in [6, 6.07) is 0.137. The molecule has 0 amide bonds. The van der Waals surface area contributed by atoms with Gasteiger partial charge in [-0.15, -0.1) is 11.3 Å². The number of nitrogens with zero attached hydrogens (tertiary/aromatic N) is 4. The van der Waals surface area contributed by atoms with Crippen molar-refractivity contribution in [1.29, 1.82) is 0 Å². The SMILES string of the molecule is Cc1noc(C2CN(Cc3scc4c3OCCO4)CCN2C)n1. The fraction of sp³-hybridized carbons (Fsp3) is 0.600. The van der Waals surface area contributed by atoms with Crippen LogP contribution in [0.5, 0.6) is 11.5 Å². The lowest BCUT2D eigenvalue weighted by molar-refractivity contribution is 0.0710. The minimum atomic E-state index is 0.137. The summed E-state index contributed by atoms with van der Waals surface area (Å²) in [5, 5.41) is 5.96. The molecule has 1 unspecified atom stereocenters. The van der Waals surface area contributed by atoms with Gasteiger partial charge >= 0.3 is 0 Å². The monoisotopic (exact) mass is 336 g/mol. The number of piperazine rings is 1. The van der Waals surface area contributed by atoms with Crippen LogP contribution in [0.2, 0.25) is 0 Å². The molecule has 23 heavy (non-hydrogen) atoms. The molecule has 8 heteroatoms. The van der Waals surface area contributed by atoms with E-state index in [1.54, 1.807) is 11.3 Å². The molecular weight excluding hydrogens is 316 g/mol. The van der Waals surface area contributed by atoms with Crippen molar-refractivity contribution in [3.63, 3.8) is 0 Å². The molecule has 1 atom stereocenters. The van der Waals surface area contributed by atoms with Gasteiger partial charge in [-0.3, -0.25) is 9.80 Å². The normalized spacial score (nSPS) is 22.4. The summed E-state index contributed by atoms with van der Waals surface area (Å²) in [7, 11) is 2.10. The number of rotatable bonds is 3. The van der Waals surface area contributed by atoms with Gasteiger partial charge in [-0.2, -0.15) is 4.98 Å². The lowest BCUT2D eigenvalue weighted by Crippen LogP contribution is -2.46. The van der Waals surface area contributed by atoms with Crippen molar-refractivity contribution >= 4 is 11.3 Å². The first-order chi connectivity index (χ1) is 11.2. The summed E-state index contributed by atoms with van der Waals surface area (Å²) >= 11 is 1.70. The van der Waals surface area contributed by atoms with E-state index in [4.69, 9.17) is 14.0 Å². The molecule has 2 aromatic rings. The van der Waals surface area contributed by atoms with Crippen molar-refractivity contribution in [2.24, 2.45) is 0 Å². The van der Waals surface area contributed by atoms with Crippen molar-refractivity contribution < 1.29 is 14.0 Å². The molecule has 2 aromatic heterocycles. The van der Waals surface area contributed by atoms with Crippen molar-refractivity contribution in [1.82, 2.24) is 19.9 Å². The molecule has 0 spiro atoms. The zero-order chi connectivity index (χ0) is 15.8. The van der Waals surface area contributed by atoms with Crippen molar-refractivity contribution in [2.45, 2.75) is 19.5 Å². The van der Waals surface area contributed by atoms with Gasteiger partial charge in [0, 0.05) is 31.6 Å². The molecule has 0 saturated carbocycles. The Labute approximate surface area is 138 Å². The predicted octanol–water partition coefficient (Wildman–Crippen LogP) is 1.70. The molecule has 7 nitrogen and oxygen atoms in total. The third kappa shape index (κ3) is 2.93. The van der Waals surface area contributed by atoms with Gasteiger partial charge < -0.3 is 14.0 Å². The first-order valence-corrected chi connectivity index (χ1v) is 8.67. The van der Waals surface area contributed by atoms with Crippen molar-refractivity contribution in [3.8, 4) is 11.5 Å². The second-order valence-corrected chi connectivity index (χ2v) is 6.92. The van der Waals surface area contributed by atoms with Crippen molar-refractivity contribution in [3.05, 3.63) is 22.0 Å². The van der Waals surface area contributed by atoms with E-state index in [1.807, 2.05) is 12.3 Å². The second kappa shape index (κ2) is 6.10. The van der Waals surface area contributed by atoms with Gasteiger partial charge in [0.15, 0.2) is 17.3 Å². The number of hydrogen-bond donors (Lipinski definition) is 0. The minimum Gasteiger partial charge on any atom is -0.485 e. The maximum atomic E-state index is 5.78. The van der Waals surface area contributed by atoms with Crippen LogP contribution in [0.1, 0.15) is 22.6 Å². The van der Waals surface area contributed by atoms with E-state index in [0.717, 1.165) is 37.7 Å². The van der Waals surface area contributed by atoms with E-state index < -0.39 is 0 Å². The summed E-state index contributed by atoms with van der Waals surface area (Å²) in [5.74, 6) is 3.19. The molecule has 0 radical (unpaired) electrons. The van der Waals surface area contributed by atoms with Gasteiger partial charge in [-0.25, -0.2) is 0 Å². The van der Waals surface area contributed by atoms with Crippen LogP contribution in [0.15, 0.2) is 9.90 Å². The predicted molar refractivity (Wildman–Crippen MR) is 85.0 cm³/mol. The highest BCUT2D eigenvalue weighted by Gasteiger charge is 2.31. The Morgan fingerprint density at radius 2 is 2.17 bits per heavy atom. The number of ether oxygens (including phenoxy) is 2. The lowest BCUT2D eigenvalue weighted by atomic mass is 10.1. The Hall–Kier alpha value is -1.64. The molecule has 1 fully saturated rings. The highest BCUT2D eigenvalue weighted by molar-refractivity contribution is 7.10. The molecule has 0 N–H and O–H groups in total. The summed E-state index contributed by atoms with van der Waals surface area (Å²) in [5.41, 5.74) is 0. The molecule has 0 aromatic carbocycles. The van der Waals surface area contributed by atoms with Crippen LogP contribution >= 0.6 is 11.3 Å². The first-order valence-electron chi connectivity index (χ1n) is 7.79. The van der Waals surface area contributed by atoms with Crippen LogP contribution in [0.25, 0.3) is 0 Å². The maximum absolute atomic E-state index is 5.78. The third-order valence-corrected chi connectivity index (χ3v) is 5.23. The maximum Gasteiger partial charge on any atom is 0.245 e. The molecule has 4 heterocycles. The van der Waals surface area contributed by atoms with Gasteiger partial charge in [-0.05, 0) is 14.0 Å². The number of hydrogen-bond acceptors (Lipinski definition) is 8. The Morgan fingerprint density at radius 3 is 3.00 bits per heavy atom. The van der Waals surface area contributed by atoms with Crippen LogP contribution in [0.3, 0.4) is 0 Å². The summed E-state index contributed by atoms with van der Waals surface area (Å²) in [4.78, 5) is 10.3. The lowest BCUT2D eigenvalue weighted by Gasteiger charge is -2.37. The number of thiophene rings is 1. The standard InChI is InChI=1S/C15H20N4O3S/c1-10-16-15(22-17-10)11-7-19(4-3-18(11)2)8-13-14-12(9-23-13)20-5-6-21-14/h9,11H,3-8H2,1-2H3. The van der Waals surface area contributed by atoms with Gasteiger partial charge in [0.25, 0.3) is 0 Å². The van der Waals surface area contributed by atoms with Crippen LogP contribution < -0.4 is 9.47 Å².